The van der Waals surface area contributed by atoms with Crippen LogP contribution in [0, 0.1) is 0 Å². The van der Waals surface area contributed by atoms with Gasteiger partial charge in [0, 0.05) is 11.6 Å². The van der Waals surface area contributed by atoms with Crippen molar-refractivity contribution < 1.29 is 23.1 Å². The van der Waals surface area contributed by atoms with Crippen LogP contribution in [0.4, 0.5) is 0 Å². The largest absolute Gasteiger partial charge is 0.494 e. The van der Waals surface area contributed by atoms with Gasteiger partial charge in [0.25, 0.3) is 0 Å². The highest BCUT2D eigenvalue weighted by atomic mass is 35.5. The van der Waals surface area contributed by atoms with Gasteiger partial charge in [0.2, 0.25) is 0 Å². The molecule has 0 fully saturated rings. The summed E-state index contributed by atoms with van der Waals surface area (Å²) in [7, 11) is 1.02. The Morgan fingerprint density at radius 3 is 2.45 bits per heavy atom. The van der Waals surface area contributed by atoms with Crippen molar-refractivity contribution in [1.29, 1.82) is 0 Å². The number of ether oxygens (including phenoxy) is 1. The average molecular weight is 322 g/mol. The molecule has 0 saturated carbocycles. The molecule has 1 aromatic carbocycles. The summed E-state index contributed by atoms with van der Waals surface area (Å²) in [6, 6.07) is 2.37. The normalized spacial score (nSPS) is 11.7. The molecule has 0 bridgehead atoms. The molecule has 20 heavy (non-hydrogen) atoms. The minimum Gasteiger partial charge on any atom is -0.494 e. The first-order valence-electron chi connectivity index (χ1n) is 5.67. The third-order valence-electron chi connectivity index (χ3n) is 2.60. The highest BCUT2D eigenvalue weighted by Gasteiger charge is 2.25. The summed E-state index contributed by atoms with van der Waals surface area (Å²) in [6.45, 7) is 0.306. The second-order valence-electron chi connectivity index (χ2n) is 4.41. The molecule has 0 unspecified atom stereocenters. The van der Waals surface area contributed by atoms with Crippen LogP contribution in [0.1, 0.15) is 10.4 Å². The van der Waals surface area contributed by atoms with E-state index >= 15 is 0 Å². The number of rotatable bonds is 6. The molecule has 0 aliphatic carbocycles. The van der Waals surface area contributed by atoms with Gasteiger partial charge in [0.05, 0.1) is 12.9 Å². The molecule has 0 atom stereocenters. The zero-order valence-electron chi connectivity index (χ0n) is 11.4. The van der Waals surface area contributed by atoms with Crippen LogP contribution in [-0.4, -0.2) is 57.9 Å². The zero-order valence-corrected chi connectivity index (χ0v) is 13.0. The quantitative estimate of drug-likeness (QED) is 0.852. The Balaban J connectivity index is 3.40. The summed E-state index contributed by atoms with van der Waals surface area (Å²) in [5.74, 6) is -1.65. The van der Waals surface area contributed by atoms with E-state index in [1.807, 2.05) is 0 Å². The molecule has 1 N–H and O–H groups in total. The molecule has 112 valence electrons. The summed E-state index contributed by atoms with van der Waals surface area (Å²) in [6.07, 6.45) is 0. The molecule has 0 amide bonds. The number of hydrogen-bond acceptors (Lipinski definition) is 5. The maximum atomic E-state index is 12.3. The Kier molecular flexibility index (Phi) is 5.38. The van der Waals surface area contributed by atoms with Gasteiger partial charge in [0.15, 0.2) is 15.6 Å². The van der Waals surface area contributed by atoms with Gasteiger partial charge >= 0.3 is 5.97 Å². The number of sulfone groups is 1. The van der Waals surface area contributed by atoms with E-state index in [1.54, 1.807) is 19.0 Å². The van der Waals surface area contributed by atoms with E-state index in [0.29, 0.717) is 6.54 Å². The fourth-order valence-electron chi connectivity index (χ4n) is 1.58. The Labute approximate surface area is 122 Å². The Morgan fingerprint density at radius 2 is 2.00 bits per heavy atom. The maximum Gasteiger partial charge on any atom is 0.339 e. The van der Waals surface area contributed by atoms with Crippen LogP contribution >= 0.6 is 11.6 Å². The molecule has 0 spiro atoms. The number of benzene rings is 1. The molecular formula is C12H16ClNO5S. The molecule has 0 radical (unpaired) electrons. The SMILES string of the molecule is COc1c(C(=O)O)cc(Cl)cc1S(=O)(=O)CCN(C)C. The summed E-state index contributed by atoms with van der Waals surface area (Å²) in [5, 5.41) is 9.12. The van der Waals surface area contributed by atoms with Crippen LogP contribution in [0.25, 0.3) is 0 Å². The second-order valence-corrected chi connectivity index (χ2v) is 6.93. The number of halogens is 1. The van der Waals surface area contributed by atoms with Crippen molar-refractivity contribution in [3.63, 3.8) is 0 Å². The Morgan fingerprint density at radius 1 is 1.40 bits per heavy atom. The Bertz CT molecular complexity index is 613. The van der Waals surface area contributed by atoms with Gasteiger partial charge in [-0.25, -0.2) is 13.2 Å². The summed E-state index contributed by atoms with van der Waals surface area (Å²) in [4.78, 5) is 12.6. The van der Waals surface area contributed by atoms with Crippen LogP contribution in [0.3, 0.4) is 0 Å². The van der Waals surface area contributed by atoms with Crippen molar-refractivity contribution in [3.05, 3.63) is 22.7 Å². The highest BCUT2D eigenvalue weighted by Crippen LogP contribution is 2.32. The molecule has 0 saturated heterocycles. The van der Waals surface area contributed by atoms with Gasteiger partial charge in [-0.2, -0.15) is 0 Å². The molecule has 0 aliphatic heterocycles. The minimum absolute atomic E-state index is 0.0339. The second kappa shape index (κ2) is 6.43. The lowest BCUT2D eigenvalue weighted by Crippen LogP contribution is -2.22. The first kappa shape index (κ1) is 16.7. The van der Waals surface area contributed by atoms with Gasteiger partial charge in [-0.15, -0.1) is 0 Å². The highest BCUT2D eigenvalue weighted by molar-refractivity contribution is 7.91. The van der Waals surface area contributed by atoms with E-state index in [-0.39, 0.29) is 27.0 Å². The van der Waals surface area contributed by atoms with E-state index in [2.05, 4.69) is 0 Å². The lowest BCUT2D eigenvalue weighted by atomic mass is 10.2. The first-order chi connectivity index (χ1) is 9.19. The summed E-state index contributed by atoms with van der Waals surface area (Å²) in [5.41, 5.74) is -0.275. The number of carboxylic acids is 1. The van der Waals surface area contributed by atoms with Gasteiger partial charge in [-0.1, -0.05) is 11.6 Å². The molecule has 1 aromatic rings. The first-order valence-corrected chi connectivity index (χ1v) is 7.70. The third kappa shape index (κ3) is 3.84. The van der Waals surface area contributed by atoms with Gasteiger partial charge < -0.3 is 14.7 Å². The number of carboxylic acid groups (broad SMARTS) is 1. The van der Waals surface area contributed by atoms with Crippen LogP contribution in [0.2, 0.25) is 5.02 Å². The molecule has 8 heteroatoms. The van der Waals surface area contributed by atoms with Gasteiger partial charge in [-0.05, 0) is 26.2 Å². The summed E-state index contributed by atoms with van der Waals surface area (Å²) < 4.78 is 29.5. The van der Waals surface area contributed by atoms with Crippen molar-refractivity contribution in [2.45, 2.75) is 4.90 Å². The number of methoxy groups -OCH3 is 1. The predicted molar refractivity (Wildman–Crippen MR) is 75.6 cm³/mol. The third-order valence-corrected chi connectivity index (χ3v) is 4.51. The van der Waals surface area contributed by atoms with Crippen molar-refractivity contribution in [3.8, 4) is 5.75 Å². The van der Waals surface area contributed by atoms with Crippen molar-refractivity contribution in [2.75, 3.05) is 33.5 Å². The molecular weight excluding hydrogens is 306 g/mol. The smallest absolute Gasteiger partial charge is 0.339 e. The van der Waals surface area contributed by atoms with Gasteiger partial charge in [0.1, 0.15) is 10.5 Å². The minimum atomic E-state index is -3.69. The number of carbonyl (C=O) groups is 1. The number of hydrogen-bond donors (Lipinski definition) is 1. The van der Waals surface area contributed by atoms with Crippen molar-refractivity contribution >= 4 is 27.4 Å². The maximum absolute atomic E-state index is 12.3. The van der Waals surface area contributed by atoms with Crippen LogP contribution in [-0.2, 0) is 9.84 Å². The van der Waals surface area contributed by atoms with E-state index < -0.39 is 15.8 Å². The fourth-order valence-corrected chi connectivity index (χ4v) is 3.47. The van der Waals surface area contributed by atoms with E-state index in [9.17, 15) is 13.2 Å². The summed E-state index contributed by atoms with van der Waals surface area (Å²) >= 11 is 5.80. The van der Waals surface area contributed by atoms with Crippen LogP contribution in [0.15, 0.2) is 17.0 Å². The lowest BCUT2D eigenvalue weighted by molar-refractivity contribution is 0.0693. The van der Waals surface area contributed by atoms with Crippen molar-refractivity contribution in [1.82, 2.24) is 4.90 Å². The standard InChI is InChI=1S/C12H16ClNO5S/c1-14(2)4-5-20(17,18)10-7-8(13)6-9(12(15)16)11(10)19-3/h6-7H,4-5H2,1-3H3,(H,15,16). The number of aromatic carboxylic acids is 1. The topological polar surface area (TPSA) is 83.9 Å². The molecule has 1 rings (SSSR count). The monoisotopic (exact) mass is 321 g/mol. The van der Waals surface area contributed by atoms with E-state index in [1.165, 1.54) is 13.2 Å². The van der Waals surface area contributed by atoms with Crippen molar-refractivity contribution in [2.24, 2.45) is 0 Å². The molecule has 0 heterocycles. The molecule has 0 aliphatic rings. The van der Waals surface area contributed by atoms with Crippen LogP contribution < -0.4 is 4.74 Å². The van der Waals surface area contributed by atoms with E-state index in [0.717, 1.165) is 6.07 Å². The fraction of sp³-hybridized carbons (Fsp3) is 0.417. The Hall–Kier alpha value is -1.31. The zero-order chi connectivity index (χ0) is 15.5. The van der Waals surface area contributed by atoms with Crippen LogP contribution in [0.5, 0.6) is 5.75 Å². The van der Waals surface area contributed by atoms with E-state index in [4.69, 9.17) is 21.4 Å². The lowest BCUT2D eigenvalue weighted by Gasteiger charge is -2.14. The average Bonchev–Trinajstić information content (AvgIpc) is 2.35. The number of nitrogens with zero attached hydrogens (tertiary/aromatic N) is 1. The predicted octanol–water partition coefficient (Wildman–Crippen LogP) is 1.38. The van der Waals surface area contributed by atoms with Gasteiger partial charge in [-0.3, -0.25) is 0 Å². The molecule has 0 aromatic heterocycles. The molecule has 6 nitrogen and oxygen atoms in total.